The molecule has 0 aliphatic carbocycles. The van der Waals surface area contributed by atoms with Crippen LogP contribution < -0.4 is 10.6 Å². The second kappa shape index (κ2) is 11.3. The van der Waals surface area contributed by atoms with Crippen LogP contribution in [-0.2, 0) is 4.79 Å². The zero-order valence-corrected chi connectivity index (χ0v) is 19.6. The molecule has 36 heavy (non-hydrogen) atoms. The standard InChI is InChI=1S/C27H25F2N5O2/c1-2-15-33(27(36)30-22-10-6-9-21(29)16-22)18-26(35)31-25-17-24(19-7-4-3-5-8-19)32-34(25)23-13-11-20(28)12-14-23/h3-14,16-17H,2,15,18H2,1H3,(H,30,36)(H,31,35). The van der Waals surface area contributed by atoms with E-state index in [4.69, 9.17) is 0 Å². The van der Waals surface area contributed by atoms with Gasteiger partial charge in [0.2, 0.25) is 5.91 Å². The third kappa shape index (κ3) is 6.12. The molecule has 3 amide bonds. The maximum absolute atomic E-state index is 13.5. The van der Waals surface area contributed by atoms with Gasteiger partial charge in [0.15, 0.2) is 0 Å². The predicted molar refractivity (Wildman–Crippen MR) is 135 cm³/mol. The molecular weight excluding hydrogens is 464 g/mol. The van der Waals surface area contributed by atoms with Gasteiger partial charge in [-0.3, -0.25) is 4.79 Å². The van der Waals surface area contributed by atoms with Gasteiger partial charge in [-0.05, 0) is 48.9 Å². The Hall–Kier alpha value is -4.53. The smallest absolute Gasteiger partial charge is 0.315 e. The van der Waals surface area contributed by atoms with E-state index in [1.807, 2.05) is 37.3 Å². The van der Waals surface area contributed by atoms with Crippen LogP contribution in [0.15, 0.2) is 84.9 Å². The molecule has 3 aromatic carbocycles. The van der Waals surface area contributed by atoms with E-state index >= 15 is 0 Å². The lowest BCUT2D eigenvalue weighted by atomic mass is 10.1. The molecule has 0 aliphatic heterocycles. The molecule has 0 bridgehead atoms. The second-order valence-electron chi connectivity index (χ2n) is 8.08. The summed E-state index contributed by atoms with van der Waals surface area (Å²) in [5.74, 6) is -0.941. The molecule has 1 aromatic heterocycles. The monoisotopic (exact) mass is 489 g/mol. The highest BCUT2D eigenvalue weighted by Gasteiger charge is 2.19. The van der Waals surface area contributed by atoms with E-state index in [1.54, 1.807) is 24.3 Å². The van der Waals surface area contributed by atoms with E-state index in [2.05, 4.69) is 15.7 Å². The van der Waals surface area contributed by atoms with Crippen LogP contribution in [0.3, 0.4) is 0 Å². The number of aromatic nitrogens is 2. The minimum atomic E-state index is -0.519. The van der Waals surface area contributed by atoms with E-state index < -0.39 is 17.8 Å². The molecule has 0 saturated heterocycles. The van der Waals surface area contributed by atoms with Crippen molar-refractivity contribution in [2.24, 2.45) is 0 Å². The minimum absolute atomic E-state index is 0.232. The van der Waals surface area contributed by atoms with E-state index in [0.29, 0.717) is 35.9 Å². The van der Waals surface area contributed by atoms with E-state index in [9.17, 15) is 18.4 Å². The van der Waals surface area contributed by atoms with E-state index in [1.165, 1.54) is 39.9 Å². The van der Waals surface area contributed by atoms with Gasteiger partial charge in [0.25, 0.3) is 0 Å². The lowest BCUT2D eigenvalue weighted by Gasteiger charge is -2.22. The number of hydrogen-bond donors (Lipinski definition) is 2. The topological polar surface area (TPSA) is 79.3 Å². The maximum atomic E-state index is 13.5. The highest BCUT2D eigenvalue weighted by Crippen LogP contribution is 2.25. The van der Waals surface area contributed by atoms with E-state index in [-0.39, 0.29) is 12.4 Å². The molecule has 0 radical (unpaired) electrons. The van der Waals surface area contributed by atoms with Crippen LogP contribution in [0, 0.1) is 11.6 Å². The summed E-state index contributed by atoms with van der Waals surface area (Å²) in [7, 11) is 0. The van der Waals surface area contributed by atoms with Crippen molar-refractivity contribution in [1.29, 1.82) is 0 Å². The summed E-state index contributed by atoms with van der Waals surface area (Å²) in [6.07, 6.45) is 0.621. The van der Waals surface area contributed by atoms with Gasteiger partial charge in [0, 0.05) is 23.9 Å². The van der Waals surface area contributed by atoms with Crippen LogP contribution in [0.2, 0.25) is 0 Å². The average molecular weight is 490 g/mol. The fourth-order valence-corrected chi connectivity index (χ4v) is 3.65. The summed E-state index contributed by atoms with van der Waals surface area (Å²) >= 11 is 0. The first-order valence-electron chi connectivity index (χ1n) is 11.5. The molecular formula is C27H25F2N5O2. The molecule has 1 heterocycles. The van der Waals surface area contributed by atoms with E-state index in [0.717, 1.165) is 5.56 Å². The Morgan fingerprint density at radius 2 is 1.64 bits per heavy atom. The molecule has 2 N–H and O–H groups in total. The van der Waals surface area contributed by atoms with Gasteiger partial charge >= 0.3 is 6.03 Å². The van der Waals surface area contributed by atoms with Gasteiger partial charge in [-0.2, -0.15) is 5.10 Å². The van der Waals surface area contributed by atoms with Crippen molar-refractivity contribution in [1.82, 2.24) is 14.7 Å². The highest BCUT2D eigenvalue weighted by molar-refractivity contribution is 5.97. The van der Waals surface area contributed by atoms with Crippen LogP contribution in [0.4, 0.5) is 25.1 Å². The number of nitrogens with zero attached hydrogens (tertiary/aromatic N) is 3. The van der Waals surface area contributed by atoms with Crippen LogP contribution in [0.5, 0.6) is 0 Å². The number of anilines is 2. The molecule has 9 heteroatoms. The Kier molecular flexibility index (Phi) is 7.69. The number of amides is 3. The van der Waals surface area contributed by atoms with Crippen molar-refractivity contribution in [3.05, 3.63) is 96.6 Å². The molecule has 4 rings (SSSR count). The van der Waals surface area contributed by atoms with Crippen molar-refractivity contribution < 1.29 is 18.4 Å². The Morgan fingerprint density at radius 3 is 2.33 bits per heavy atom. The molecule has 0 spiro atoms. The lowest BCUT2D eigenvalue weighted by Crippen LogP contribution is -2.41. The van der Waals surface area contributed by atoms with Crippen LogP contribution in [0.1, 0.15) is 13.3 Å². The molecule has 7 nitrogen and oxygen atoms in total. The fourth-order valence-electron chi connectivity index (χ4n) is 3.65. The maximum Gasteiger partial charge on any atom is 0.322 e. The number of rotatable bonds is 8. The Balaban J connectivity index is 1.55. The van der Waals surface area contributed by atoms with Gasteiger partial charge < -0.3 is 15.5 Å². The average Bonchev–Trinajstić information content (AvgIpc) is 3.28. The molecule has 4 aromatic rings. The largest absolute Gasteiger partial charge is 0.322 e. The second-order valence-corrected chi connectivity index (χ2v) is 8.08. The fraction of sp³-hybridized carbons (Fsp3) is 0.148. The molecule has 0 atom stereocenters. The SMILES string of the molecule is CCCN(CC(=O)Nc1cc(-c2ccccc2)nn1-c1ccc(F)cc1)C(=O)Nc1cccc(F)c1. The first-order chi connectivity index (χ1) is 17.4. The number of halogens is 2. The normalized spacial score (nSPS) is 10.6. The van der Waals surface area contributed by atoms with Crippen molar-refractivity contribution >= 4 is 23.4 Å². The third-order valence-electron chi connectivity index (χ3n) is 5.31. The van der Waals surface area contributed by atoms with Crippen LogP contribution in [0.25, 0.3) is 16.9 Å². The van der Waals surface area contributed by atoms with Gasteiger partial charge in [-0.25, -0.2) is 18.3 Å². The summed E-state index contributed by atoms with van der Waals surface area (Å²) in [5.41, 5.74) is 2.31. The number of carbonyl (C=O) groups is 2. The Labute approximate surface area is 207 Å². The summed E-state index contributed by atoms with van der Waals surface area (Å²) in [4.78, 5) is 27.1. The van der Waals surface area contributed by atoms with Gasteiger partial charge in [-0.1, -0.05) is 43.3 Å². The number of nitrogens with one attached hydrogen (secondary N) is 2. The molecule has 184 valence electrons. The molecule has 0 unspecified atom stereocenters. The highest BCUT2D eigenvalue weighted by atomic mass is 19.1. The Morgan fingerprint density at radius 1 is 0.889 bits per heavy atom. The summed E-state index contributed by atoms with van der Waals surface area (Å²) in [6.45, 7) is 1.97. The Bertz CT molecular complexity index is 1340. The van der Waals surface area contributed by atoms with Crippen LogP contribution >= 0.6 is 0 Å². The van der Waals surface area contributed by atoms with Gasteiger partial charge in [0.1, 0.15) is 24.0 Å². The summed E-state index contributed by atoms with van der Waals surface area (Å²) in [6, 6.07) is 21.9. The van der Waals surface area contributed by atoms with Crippen molar-refractivity contribution in [2.75, 3.05) is 23.7 Å². The van der Waals surface area contributed by atoms with Crippen molar-refractivity contribution in [3.8, 4) is 16.9 Å². The molecule has 0 aliphatic rings. The van der Waals surface area contributed by atoms with Crippen LogP contribution in [-0.4, -0.2) is 39.7 Å². The number of hydrogen-bond acceptors (Lipinski definition) is 3. The number of benzene rings is 3. The van der Waals surface area contributed by atoms with Gasteiger partial charge in [0.05, 0.1) is 11.4 Å². The molecule has 0 saturated carbocycles. The third-order valence-corrected chi connectivity index (χ3v) is 5.31. The minimum Gasteiger partial charge on any atom is -0.315 e. The number of urea groups is 1. The quantitative estimate of drug-likeness (QED) is 0.333. The zero-order valence-electron chi connectivity index (χ0n) is 19.6. The van der Waals surface area contributed by atoms with Gasteiger partial charge in [-0.15, -0.1) is 0 Å². The predicted octanol–water partition coefficient (Wildman–Crippen LogP) is 5.70. The van der Waals surface area contributed by atoms with Crippen molar-refractivity contribution in [2.45, 2.75) is 13.3 Å². The summed E-state index contributed by atoms with van der Waals surface area (Å²) in [5, 5.41) is 10.0. The first kappa shape index (κ1) is 24.6. The summed E-state index contributed by atoms with van der Waals surface area (Å²) < 4.78 is 28.5. The zero-order chi connectivity index (χ0) is 25.5. The number of carbonyl (C=O) groups excluding carboxylic acids is 2. The molecule has 0 fully saturated rings. The lowest BCUT2D eigenvalue weighted by molar-refractivity contribution is -0.116. The first-order valence-corrected chi connectivity index (χ1v) is 11.5. The van der Waals surface area contributed by atoms with Crippen molar-refractivity contribution in [3.63, 3.8) is 0 Å².